The highest BCUT2D eigenvalue weighted by atomic mass is 19.1. The normalized spacial score (nSPS) is 16.6. The Hall–Kier alpha value is -3.87. The fraction of sp³-hybridized carbons (Fsp3) is 0.310. The molecule has 0 unspecified atom stereocenters. The molecule has 0 aliphatic carbocycles. The molecule has 186 valence electrons. The number of halogens is 1. The fourth-order valence-corrected chi connectivity index (χ4v) is 5.08. The number of nitrogens with zero attached hydrogens (tertiary/aromatic N) is 3. The number of hydrogen-bond acceptors (Lipinski definition) is 4. The van der Waals surface area contributed by atoms with Gasteiger partial charge in [0.05, 0.1) is 16.9 Å². The lowest BCUT2D eigenvalue weighted by Crippen LogP contribution is -2.49. The maximum atomic E-state index is 14.1. The van der Waals surface area contributed by atoms with E-state index in [1.165, 1.54) is 11.8 Å². The predicted molar refractivity (Wildman–Crippen MR) is 141 cm³/mol. The molecule has 3 aromatic rings. The highest BCUT2D eigenvalue weighted by Crippen LogP contribution is 2.27. The van der Waals surface area contributed by atoms with Gasteiger partial charge in [0.2, 0.25) is 5.91 Å². The minimum atomic E-state index is -0.238. The van der Waals surface area contributed by atoms with Crippen molar-refractivity contribution in [3.05, 3.63) is 90.2 Å². The van der Waals surface area contributed by atoms with Crippen LogP contribution in [0.4, 0.5) is 21.5 Å². The Kier molecular flexibility index (Phi) is 7.16. The van der Waals surface area contributed by atoms with Gasteiger partial charge in [-0.1, -0.05) is 42.5 Å². The van der Waals surface area contributed by atoms with Crippen LogP contribution in [0, 0.1) is 11.7 Å². The quantitative estimate of drug-likeness (QED) is 0.571. The first-order chi connectivity index (χ1) is 17.6. The number of nitrogens with one attached hydrogen (secondary N) is 1. The zero-order chi connectivity index (χ0) is 24.9. The predicted octanol–water partition coefficient (Wildman–Crippen LogP) is 4.64. The summed E-state index contributed by atoms with van der Waals surface area (Å²) in [6.45, 7) is 4.03. The second-order valence-corrected chi connectivity index (χ2v) is 9.36. The van der Waals surface area contributed by atoms with E-state index in [1.54, 1.807) is 24.3 Å². The molecule has 0 saturated carbocycles. The molecule has 2 saturated heterocycles. The third-order valence-corrected chi connectivity index (χ3v) is 7.16. The first kappa shape index (κ1) is 23.9. The third kappa shape index (κ3) is 5.20. The number of rotatable bonds is 5. The molecule has 1 N–H and O–H groups in total. The van der Waals surface area contributed by atoms with Gasteiger partial charge in [0.1, 0.15) is 5.82 Å². The van der Waals surface area contributed by atoms with E-state index >= 15 is 0 Å². The van der Waals surface area contributed by atoms with Crippen molar-refractivity contribution in [1.82, 2.24) is 4.90 Å². The Morgan fingerprint density at radius 3 is 2.08 bits per heavy atom. The molecule has 6 nitrogen and oxygen atoms in total. The summed E-state index contributed by atoms with van der Waals surface area (Å²) in [5.41, 5.74) is 2.82. The van der Waals surface area contributed by atoms with Crippen LogP contribution in [-0.4, -0.2) is 56.0 Å². The molecule has 2 aliphatic rings. The lowest BCUT2D eigenvalue weighted by molar-refractivity contribution is -0.120. The van der Waals surface area contributed by atoms with Gasteiger partial charge in [-0.2, -0.15) is 0 Å². The highest BCUT2D eigenvalue weighted by Gasteiger charge is 2.28. The Balaban J connectivity index is 1.19. The van der Waals surface area contributed by atoms with Crippen LogP contribution in [0.25, 0.3) is 0 Å². The minimum Gasteiger partial charge on any atom is -0.369 e. The maximum Gasteiger partial charge on any atom is 0.256 e. The average molecular weight is 487 g/mol. The molecule has 3 aromatic carbocycles. The summed E-state index contributed by atoms with van der Waals surface area (Å²) in [4.78, 5) is 32.6. The highest BCUT2D eigenvalue weighted by molar-refractivity contribution is 6.04. The van der Waals surface area contributed by atoms with E-state index in [1.807, 2.05) is 46.2 Å². The van der Waals surface area contributed by atoms with E-state index in [-0.39, 0.29) is 23.5 Å². The van der Waals surface area contributed by atoms with E-state index in [0.29, 0.717) is 56.0 Å². The number of amides is 2. The van der Waals surface area contributed by atoms with Crippen LogP contribution in [0.3, 0.4) is 0 Å². The lowest BCUT2D eigenvalue weighted by Gasteiger charge is -2.36. The fourth-order valence-electron chi connectivity index (χ4n) is 5.08. The van der Waals surface area contributed by atoms with Crippen molar-refractivity contribution in [3.8, 4) is 0 Å². The molecule has 2 fully saturated rings. The number of para-hydroxylation sites is 3. The monoisotopic (exact) mass is 486 g/mol. The number of carbonyl (C=O) groups is 2. The van der Waals surface area contributed by atoms with Crippen molar-refractivity contribution in [2.75, 3.05) is 54.4 Å². The van der Waals surface area contributed by atoms with Crippen molar-refractivity contribution in [2.24, 2.45) is 5.92 Å². The SMILES string of the molecule is O=C(Nc1ccccc1C(=O)N1CCN(c2ccccc2)CC1)C1CCN(c2ccccc2F)CC1. The Morgan fingerprint density at radius 1 is 0.722 bits per heavy atom. The Morgan fingerprint density at radius 2 is 1.36 bits per heavy atom. The summed E-state index contributed by atoms with van der Waals surface area (Å²) in [7, 11) is 0. The van der Waals surface area contributed by atoms with Gasteiger partial charge in [-0.15, -0.1) is 0 Å². The van der Waals surface area contributed by atoms with Crippen molar-refractivity contribution in [2.45, 2.75) is 12.8 Å². The van der Waals surface area contributed by atoms with Gasteiger partial charge in [0, 0.05) is 50.9 Å². The third-order valence-electron chi connectivity index (χ3n) is 7.16. The number of benzene rings is 3. The number of carbonyl (C=O) groups excluding carboxylic acids is 2. The lowest BCUT2D eigenvalue weighted by atomic mass is 9.95. The molecule has 0 bridgehead atoms. The summed E-state index contributed by atoms with van der Waals surface area (Å²) in [5.74, 6) is -0.562. The van der Waals surface area contributed by atoms with Crippen molar-refractivity contribution >= 4 is 28.9 Å². The van der Waals surface area contributed by atoms with Crippen LogP contribution in [0.15, 0.2) is 78.9 Å². The van der Waals surface area contributed by atoms with E-state index in [9.17, 15) is 14.0 Å². The van der Waals surface area contributed by atoms with E-state index in [2.05, 4.69) is 22.3 Å². The van der Waals surface area contributed by atoms with Gasteiger partial charge in [-0.05, 0) is 49.2 Å². The zero-order valence-electron chi connectivity index (χ0n) is 20.3. The molecule has 0 atom stereocenters. The van der Waals surface area contributed by atoms with Gasteiger partial charge in [-0.25, -0.2) is 4.39 Å². The molecule has 0 radical (unpaired) electrons. The molecule has 0 aromatic heterocycles. The minimum absolute atomic E-state index is 0.0621. The van der Waals surface area contributed by atoms with Gasteiger partial charge < -0.3 is 20.0 Å². The summed E-state index contributed by atoms with van der Waals surface area (Å²) < 4.78 is 14.1. The number of anilines is 3. The smallest absolute Gasteiger partial charge is 0.256 e. The summed E-state index contributed by atoms with van der Waals surface area (Å²) in [5, 5.41) is 3.01. The molecule has 36 heavy (non-hydrogen) atoms. The van der Waals surface area contributed by atoms with Crippen molar-refractivity contribution in [1.29, 1.82) is 0 Å². The van der Waals surface area contributed by atoms with Gasteiger partial charge >= 0.3 is 0 Å². The summed E-state index contributed by atoms with van der Waals surface area (Å²) in [6, 6.07) is 24.2. The van der Waals surface area contributed by atoms with Crippen LogP contribution in [-0.2, 0) is 4.79 Å². The molecule has 2 amide bonds. The number of hydrogen-bond donors (Lipinski definition) is 1. The average Bonchev–Trinajstić information content (AvgIpc) is 2.94. The van der Waals surface area contributed by atoms with E-state index < -0.39 is 0 Å². The Bertz CT molecular complexity index is 1200. The van der Waals surface area contributed by atoms with Gasteiger partial charge in [0.15, 0.2) is 0 Å². The molecular formula is C29H31FN4O2. The molecule has 5 rings (SSSR count). The summed E-state index contributed by atoms with van der Waals surface area (Å²) >= 11 is 0. The van der Waals surface area contributed by atoms with Crippen LogP contribution in [0.2, 0.25) is 0 Å². The zero-order valence-corrected chi connectivity index (χ0v) is 20.3. The van der Waals surface area contributed by atoms with Crippen LogP contribution in [0.5, 0.6) is 0 Å². The van der Waals surface area contributed by atoms with E-state index in [4.69, 9.17) is 0 Å². The first-order valence-corrected chi connectivity index (χ1v) is 12.6. The molecule has 2 aliphatic heterocycles. The summed E-state index contributed by atoms with van der Waals surface area (Å²) in [6.07, 6.45) is 1.27. The van der Waals surface area contributed by atoms with E-state index in [0.717, 1.165) is 13.1 Å². The standard InChI is InChI=1S/C29H31FN4O2/c30-25-11-5-7-13-27(25)33-16-14-22(15-17-33)28(35)31-26-12-6-4-10-24(26)29(36)34-20-18-32(19-21-34)23-8-2-1-3-9-23/h1-13,22H,14-21H2,(H,31,35). The molecular weight excluding hydrogens is 455 g/mol. The Labute approximate surface area is 211 Å². The van der Waals surface area contributed by atoms with Gasteiger partial charge in [0.25, 0.3) is 5.91 Å². The first-order valence-electron chi connectivity index (χ1n) is 12.6. The van der Waals surface area contributed by atoms with Crippen LogP contribution < -0.4 is 15.1 Å². The number of piperidine rings is 1. The second kappa shape index (κ2) is 10.8. The maximum absolute atomic E-state index is 14.1. The van der Waals surface area contributed by atoms with Crippen molar-refractivity contribution in [3.63, 3.8) is 0 Å². The van der Waals surface area contributed by atoms with Crippen LogP contribution in [0.1, 0.15) is 23.2 Å². The topological polar surface area (TPSA) is 55.9 Å². The largest absolute Gasteiger partial charge is 0.369 e. The molecule has 7 heteroatoms. The molecule has 0 spiro atoms. The van der Waals surface area contributed by atoms with Gasteiger partial charge in [-0.3, -0.25) is 9.59 Å². The van der Waals surface area contributed by atoms with Crippen molar-refractivity contribution < 1.29 is 14.0 Å². The number of piperazine rings is 1. The molecule has 2 heterocycles. The second-order valence-electron chi connectivity index (χ2n) is 9.36. The van der Waals surface area contributed by atoms with Crippen LogP contribution >= 0.6 is 0 Å².